The molecule has 0 bridgehead atoms. The first-order valence-electron chi connectivity index (χ1n) is 7.38. The highest BCUT2D eigenvalue weighted by molar-refractivity contribution is 5.04. The van der Waals surface area contributed by atoms with Crippen LogP contribution in [0.1, 0.15) is 26.7 Å². The van der Waals surface area contributed by atoms with Crippen LogP contribution in [0.3, 0.4) is 0 Å². The Hall–Kier alpha value is -0.160. The predicted octanol–water partition coefficient (Wildman–Crippen LogP) is 0.434. The van der Waals surface area contributed by atoms with Crippen molar-refractivity contribution in [2.75, 3.05) is 46.8 Å². The van der Waals surface area contributed by atoms with E-state index >= 15 is 0 Å². The van der Waals surface area contributed by atoms with Crippen molar-refractivity contribution in [1.29, 1.82) is 0 Å². The summed E-state index contributed by atoms with van der Waals surface area (Å²) in [5.74, 6) is 0. The van der Waals surface area contributed by atoms with Gasteiger partial charge in [0.15, 0.2) is 0 Å². The first-order chi connectivity index (χ1) is 8.52. The molecule has 106 valence electrons. The molecule has 0 aromatic rings. The molecular formula is C14H30N4. The molecule has 4 nitrogen and oxygen atoms in total. The second-order valence-corrected chi connectivity index (χ2v) is 6.39. The molecular weight excluding hydrogens is 224 g/mol. The number of rotatable bonds is 3. The molecule has 4 heteroatoms. The van der Waals surface area contributed by atoms with Gasteiger partial charge in [-0.1, -0.05) is 6.92 Å². The van der Waals surface area contributed by atoms with Crippen LogP contribution in [-0.2, 0) is 0 Å². The van der Waals surface area contributed by atoms with Gasteiger partial charge in [-0.25, -0.2) is 0 Å². The second-order valence-electron chi connectivity index (χ2n) is 6.39. The van der Waals surface area contributed by atoms with Gasteiger partial charge in [0.05, 0.1) is 0 Å². The van der Waals surface area contributed by atoms with E-state index in [1.807, 2.05) is 0 Å². The van der Waals surface area contributed by atoms with Crippen LogP contribution in [0.15, 0.2) is 0 Å². The lowest BCUT2D eigenvalue weighted by molar-refractivity contribution is 0.0170. The third kappa shape index (κ3) is 2.44. The van der Waals surface area contributed by atoms with Crippen LogP contribution >= 0.6 is 0 Å². The third-order valence-corrected chi connectivity index (χ3v) is 5.27. The number of likely N-dealkylation sites (tertiary alicyclic amines) is 1. The lowest BCUT2D eigenvalue weighted by Gasteiger charge is -2.48. The number of piperazine rings is 1. The average Bonchev–Trinajstić information content (AvgIpc) is 2.67. The van der Waals surface area contributed by atoms with Gasteiger partial charge in [-0.2, -0.15) is 0 Å². The summed E-state index contributed by atoms with van der Waals surface area (Å²) in [5, 5.41) is 0. The molecule has 2 heterocycles. The standard InChI is InChI=1S/C14H30N4/c1-5-13-9-18(7-6-16(13)3)14(10-15)8-12(2)17(4)11-14/h12-13H,5-11,15H2,1-4H3. The van der Waals surface area contributed by atoms with Crippen molar-refractivity contribution in [3.63, 3.8) is 0 Å². The summed E-state index contributed by atoms with van der Waals surface area (Å²) >= 11 is 0. The molecule has 2 aliphatic heterocycles. The summed E-state index contributed by atoms with van der Waals surface area (Å²) in [6.07, 6.45) is 2.46. The van der Waals surface area contributed by atoms with E-state index in [-0.39, 0.29) is 5.54 Å². The van der Waals surface area contributed by atoms with Crippen molar-refractivity contribution >= 4 is 0 Å². The van der Waals surface area contributed by atoms with E-state index in [1.165, 1.54) is 32.5 Å². The van der Waals surface area contributed by atoms with Crippen molar-refractivity contribution in [3.8, 4) is 0 Å². The lowest BCUT2D eigenvalue weighted by atomic mass is 9.92. The van der Waals surface area contributed by atoms with Crippen LogP contribution in [0.25, 0.3) is 0 Å². The SMILES string of the molecule is CCC1CN(C2(CN)CC(C)N(C)C2)CCN1C. The molecule has 2 N–H and O–H groups in total. The fraction of sp³-hybridized carbons (Fsp3) is 1.00. The summed E-state index contributed by atoms with van der Waals surface area (Å²) < 4.78 is 0. The van der Waals surface area contributed by atoms with Crippen LogP contribution in [0, 0.1) is 0 Å². The number of nitrogens with two attached hydrogens (primary N) is 1. The van der Waals surface area contributed by atoms with Crippen LogP contribution in [-0.4, -0.2) is 79.1 Å². The Morgan fingerprint density at radius 1 is 1.22 bits per heavy atom. The molecule has 3 atom stereocenters. The summed E-state index contributed by atoms with van der Waals surface area (Å²) in [6.45, 7) is 10.1. The van der Waals surface area contributed by atoms with Crippen molar-refractivity contribution < 1.29 is 0 Å². The Labute approximate surface area is 112 Å². The molecule has 0 spiro atoms. The maximum Gasteiger partial charge on any atom is 0.0474 e. The monoisotopic (exact) mass is 254 g/mol. The molecule has 0 saturated carbocycles. The van der Waals surface area contributed by atoms with E-state index in [1.54, 1.807) is 0 Å². The van der Waals surface area contributed by atoms with Gasteiger partial charge in [0, 0.05) is 50.3 Å². The van der Waals surface area contributed by atoms with Crippen molar-refractivity contribution in [2.24, 2.45) is 5.73 Å². The third-order valence-electron chi connectivity index (χ3n) is 5.27. The molecule has 2 fully saturated rings. The van der Waals surface area contributed by atoms with Gasteiger partial charge in [-0.15, -0.1) is 0 Å². The average molecular weight is 254 g/mol. The number of nitrogens with zero attached hydrogens (tertiary/aromatic N) is 3. The minimum Gasteiger partial charge on any atom is -0.329 e. The maximum absolute atomic E-state index is 6.16. The lowest BCUT2D eigenvalue weighted by Crippen LogP contribution is -2.63. The molecule has 0 aromatic heterocycles. The highest BCUT2D eigenvalue weighted by Crippen LogP contribution is 2.32. The summed E-state index contributed by atoms with van der Waals surface area (Å²) in [6, 6.07) is 1.36. The number of hydrogen-bond acceptors (Lipinski definition) is 4. The van der Waals surface area contributed by atoms with Gasteiger partial charge in [0.25, 0.3) is 0 Å². The minimum absolute atomic E-state index is 0.225. The molecule has 2 aliphatic rings. The van der Waals surface area contributed by atoms with Gasteiger partial charge >= 0.3 is 0 Å². The summed E-state index contributed by atoms with van der Waals surface area (Å²) in [4.78, 5) is 7.65. The molecule has 0 aliphatic carbocycles. The van der Waals surface area contributed by atoms with Gasteiger partial charge < -0.3 is 15.5 Å². The molecule has 18 heavy (non-hydrogen) atoms. The molecule has 0 amide bonds. The Morgan fingerprint density at radius 2 is 1.94 bits per heavy atom. The maximum atomic E-state index is 6.16. The zero-order valence-corrected chi connectivity index (χ0v) is 12.5. The topological polar surface area (TPSA) is 35.7 Å². The van der Waals surface area contributed by atoms with Crippen LogP contribution < -0.4 is 5.73 Å². The molecule has 0 aromatic carbocycles. The van der Waals surface area contributed by atoms with E-state index in [0.29, 0.717) is 12.1 Å². The zero-order chi connectivity index (χ0) is 13.3. The molecule has 2 saturated heterocycles. The number of likely N-dealkylation sites (N-methyl/N-ethyl adjacent to an activating group) is 2. The Kier molecular flexibility index (Phi) is 4.32. The molecule has 0 radical (unpaired) electrons. The van der Waals surface area contributed by atoms with Crippen molar-refractivity contribution in [2.45, 2.75) is 44.3 Å². The minimum atomic E-state index is 0.225. The zero-order valence-electron chi connectivity index (χ0n) is 12.5. The van der Waals surface area contributed by atoms with Gasteiger partial charge in [0.1, 0.15) is 0 Å². The highest BCUT2D eigenvalue weighted by atomic mass is 15.4. The summed E-state index contributed by atoms with van der Waals surface area (Å²) in [7, 11) is 4.49. The van der Waals surface area contributed by atoms with Gasteiger partial charge in [-0.3, -0.25) is 4.90 Å². The van der Waals surface area contributed by atoms with E-state index in [9.17, 15) is 0 Å². The van der Waals surface area contributed by atoms with Crippen LogP contribution in [0.2, 0.25) is 0 Å². The van der Waals surface area contributed by atoms with E-state index in [4.69, 9.17) is 5.73 Å². The predicted molar refractivity (Wildman–Crippen MR) is 76.8 cm³/mol. The second kappa shape index (κ2) is 5.45. The van der Waals surface area contributed by atoms with Gasteiger partial charge in [-0.05, 0) is 33.9 Å². The molecule has 3 unspecified atom stereocenters. The van der Waals surface area contributed by atoms with Crippen LogP contribution in [0.4, 0.5) is 0 Å². The van der Waals surface area contributed by atoms with Crippen molar-refractivity contribution in [3.05, 3.63) is 0 Å². The van der Waals surface area contributed by atoms with E-state index in [0.717, 1.165) is 13.1 Å². The Bertz CT molecular complexity index is 271. The smallest absolute Gasteiger partial charge is 0.0474 e. The van der Waals surface area contributed by atoms with Gasteiger partial charge in [0.2, 0.25) is 0 Å². The number of hydrogen-bond donors (Lipinski definition) is 1. The van der Waals surface area contributed by atoms with Crippen molar-refractivity contribution in [1.82, 2.24) is 14.7 Å². The fourth-order valence-corrected chi connectivity index (χ4v) is 3.71. The summed E-state index contributed by atoms with van der Waals surface area (Å²) in [5.41, 5.74) is 6.39. The quantitative estimate of drug-likeness (QED) is 0.792. The Balaban J connectivity index is 2.09. The first kappa shape index (κ1) is 14.3. The van der Waals surface area contributed by atoms with E-state index in [2.05, 4.69) is 42.6 Å². The molecule has 2 rings (SSSR count). The van der Waals surface area contributed by atoms with E-state index < -0.39 is 0 Å². The normalized spacial score (nSPS) is 40.5. The van der Waals surface area contributed by atoms with Crippen LogP contribution in [0.5, 0.6) is 0 Å². The highest BCUT2D eigenvalue weighted by Gasteiger charge is 2.45. The first-order valence-corrected chi connectivity index (χ1v) is 7.38. The Morgan fingerprint density at radius 3 is 2.44 bits per heavy atom. The fourth-order valence-electron chi connectivity index (χ4n) is 3.71. The largest absolute Gasteiger partial charge is 0.329 e.